The molecule has 0 radical (unpaired) electrons. The Morgan fingerprint density at radius 2 is 2.08 bits per heavy atom. The number of aromatic amines is 1. The van der Waals surface area contributed by atoms with Gasteiger partial charge in [0.25, 0.3) is 5.56 Å². The molecule has 0 spiro atoms. The van der Waals surface area contributed by atoms with Crippen LogP contribution in [0.1, 0.15) is 13.2 Å². The first-order valence-corrected chi connectivity index (χ1v) is 11.6. The predicted octanol–water partition coefficient (Wildman–Crippen LogP) is -0.412. The van der Waals surface area contributed by atoms with E-state index in [-0.39, 0.29) is 6.16 Å². The Hall–Kier alpha value is -0.750. The lowest BCUT2D eigenvalue weighted by atomic mass is 10.1. The molecule has 0 aliphatic carbocycles. The summed E-state index contributed by atoms with van der Waals surface area (Å²) in [6, 6.07) is 0.989. The number of nitrogens with zero attached hydrogens (tertiary/aromatic N) is 1. The normalized spacial score (nSPS) is 28.8. The highest BCUT2D eigenvalue weighted by molar-refractivity contribution is 8.09. The average molecular weight is 434 g/mol. The van der Waals surface area contributed by atoms with Gasteiger partial charge in [0.05, 0.1) is 6.61 Å². The smallest absolute Gasteiger partial charge is 0.346 e. The molecule has 11 nitrogen and oxygen atoms in total. The fourth-order valence-corrected chi connectivity index (χ4v) is 3.62. The monoisotopic (exact) mass is 434 g/mol. The maximum absolute atomic E-state index is 14.7. The maximum atomic E-state index is 14.7. The van der Waals surface area contributed by atoms with Gasteiger partial charge in [0.2, 0.25) is 0 Å². The molecule has 0 bridgehead atoms. The Bertz CT molecular complexity index is 855. The second-order valence-corrected chi connectivity index (χ2v) is 10.4. The van der Waals surface area contributed by atoms with Crippen LogP contribution < -0.4 is 11.2 Å². The molecule has 5 atom stereocenters. The molecule has 1 unspecified atom stereocenters. The second kappa shape index (κ2) is 8.09. The van der Waals surface area contributed by atoms with Crippen molar-refractivity contribution in [3.63, 3.8) is 0 Å². The van der Waals surface area contributed by atoms with E-state index in [1.165, 1.54) is 6.92 Å². The molecule has 0 aromatic carbocycles. The molecule has 1 aliphatic rings. The fourth-order valence-electron chi connectivity index (χ4n) is 2.23. The summed E-state index contributed by atoms with van der Waals surface area (Å²) in [5.41, 5.74) is -1.62. The molecule has 1 aliphatic heterocycles. The molecule has 1 aromatic heterocycles. The Kier molecular flexibility index (Phi) is 6.71. The van der Waals surface area contributed by atoms with Crippen molar-refractivity contribution in [3.8, 4) is 0 Å². The van der Waals surface area contributed by atoms with Crippen molar-refractivity contribution in [3.05, 3.63) is 33.1 Å². The van der Waals surface area contributed by atoms with Crippen LogP contribution in [-0.2, 0) is 30.2 Å². The van der Waals surface area contributed by atoms with Gasteiger partial charge in [0, 0.05) is 18.4 Å². The van der Waals surface area contributed by atoms with Gasteiger partial charge in [-0.2, -0.15) is 0 Å². The summed E-state index contributed by atoms with van der Waals surface area (Å²) in [5, 5.41) is 0. The van der Waals surface area contributed by atoms with Gasteiger partial charge in [-0.1, -0.05) is 6.92 Å². The number of hydrogen-bond donors (Lipinski definition) is 4. The summed E-state index contributed by atoms with van der Waals surface area (Å²) in [5.74, 6) is 0. The summed E-state index contributed by atoms with van der Waals surface area (Å²) in [4.78, 5) is 52.6. The quantitative estimate of drug-likeness (QED) is 0.415. The summed E-state index contributed by atoms with van der Waals surface area (Å²) in [6.45, 7) is -2.69. The number of phosphoric ester groups is 1. The van der Waals surface area contributed by atoms with Gasteiger partial charge in [-0.25, -0.2) is 13.8 Å². The Morgan fingerprint density at radius 3 is 2.62 bits per heavy atom. The molecule has 0 saturated carbocycles. The van der Waals surface area contributed by atoms with E-state index in [0.717, 1.165) is 16.8 Å². The number of rotatable bonds is 7. The summed E-state index contributed by atoms with van der Waals surface area (Å²) in [6.07, 6.45) is -5.48. The first kappa shape index (κ1) is 21.5. The van der Waals surface area contributed by atoms with Crippen molar-refractivity contribution in [1.82, 2.24) is 9.55 Å². The number of nitrogens with one attached hydrogen (secondary N) is 1. The Labute approximate surface area is 151 Å². The molecule has 148 valence electrons. The highest BCUT2D eigenvalue weighted by Gasteiger charge is 2.49. The molecular formula is C11H17FN2O9P2S. The summed E-state index contributed by atoms with van der Waals surface area (Å²) >= 11 is 4.87. The lowest BCUT2D eigenvalue weighted by molar-refractivity contribution is -0.0490. The van der Waals surface area contributed by atoms with Crippen molar-refractivity contribution >= 4 is 26.1 Å². The number of halogens is 1. The van der Waals surface area contributed by atoms with E-state index in [1.54, 1.807) is 0 Å². The van der Waals surface area contributed by atoms with Gasteiger partial charge in [-0.15, -0.1) is 0 Å². The van der Waals surface area contributed by atoms with Gasteiger partial charge >= 0.3 is 13.5 Å². The third kappa shape index (κ3) is 5.38. The molecule has 2 heterocycles. The number of ether oxygens (including phenoxy) is 1. The zero-order chi connectivity index (χ0) is 19.7. The molecule has 15 heteroatoms. The second-order valence-electron chi connectivity index (χ2n) is 5.34. The Balaban J connectivity index is 2.35. The minimum absolute atomic E-state index is 0.0163. The van der Waals surface area contributed by atoms with Crippen molar-refractivity contribution in [1.29, 1.82) is 0 Å². The average Bonchev–Trinajstić information content (AvgIpc) is 2.81. The number of alkyl halides is 1. The number of H-pyrrole nitrogens is 1. The van der Waals surface area contributed by atoms with Gasteiger partial charge in [0.15, 0.2) is 18.9 Å². The largest absolute Gasteiger partial charge is 0.469 e. The fraction of sp³-hybridized carbons (Fsp3) is 0.636. The van der Waals surface area contributed by atoms with Crippen LogP contribution in [0.15, 0.2) is 21.9 Å². The first-order chi connectivity index (χ1) is 11.9. The topological polar surface area (TPSA) is 160 Å². The van der Waals surface area contributed by atoms with Crippen molar-refractivity contribution < 1.29 is 37.4 Å². The van der Waals surface area contributed by atoms with Crippen molar-refractivity contribution in [2.75, 3.05) is 12.8 Å². The third-order valence-corrected chi connectivity index (χ3v) is 6.37. The molecule has 1 saturated heterocycles. The zero-order valence-electron chi connectivity index (χ0n) is 13.3. The minimum Gasteiger partial charge on any atom is -0.346 e. The van der Waals surface area contributed by atoms with E-state index in [0.29, 0.717) is 0 Å². The van der Waals surface area contributed by atoms with Gasteiger partial charge in [0.1, 0.15) is 12.2 Å². The SMILES string of the molecule is CCP(O)(=S)O[C@@H]1[C@H](F)[C@@H](COP(=O)(O)O)O[C@H]1n1ccc(=O)[nH]c1=O. The lowest BCUT2D eigenvalue weighted by Crippen LogP contribution is -2.37. The van der Waals surface area contributed by atoms with E-state index >= 15 is 0 Å². The van der Waals surface area contributed by atoms with E-state index in [1.807, 2.05) is 4.98 Å². The third-order valence-electron chi connectivity index (χ3n) is 3.48. The standard InChI is InChI=1S/C11H17FN2O9P2S/c1-2-24(17,26)23-9-8(12)6(5-21-25(18,19)20)22-10(9)14-4-3-7(15)13-11(14)16/h3-4,6,8-10H,2,5H2,1H3,(H,17,26)(H,13,15,16)(H2,18,19,20)/t6-,8-,9-,10-,24?/m1/s1. The van der Waals surface area contributed by atoms with Crippen LogP contribution in [0.3, 0.4) is 0 Å². The first-order valence-electron chi connectivity index (χ1n) is 7.25. The van der Waals surface area contributed by atoms with Gasteiger partial charge in [-0.3, -0.25) is 18.9 Å². The lowest BCUT2D eigenvalue weighted by Gasteiger charge is -2.25. The zero-order valence-corrected chi connectivity index (χ0v) is 15.9. The maximum Gasteiger partial charge on any atom is 0.469 e. The van der Waals surface area contributed by atoms with Crippen LogP contribution in [0.2, 0.25) is 0 Å². The van der Waals surface area contributed by atoms with Crippen molar-refractivity contribution in [2.24, 2.45) is 0 Å². The molecule has 0 amide bonds. The molecule has 26 heavy (non-hydrogen) atoms. The highest BCUT2D eigenvalue weighted by atomic mass is 32.5. The van der Waals surface area contributed by atoms with Crippen LogP contribution in [0, 0.1) is 0 Å². The van der Waals surface area contributed by atoms with E-state index in [4.69, 9.17) is 30.9 Å². The van der Waals surface area contributed by atoms with E-state index in [2.05, 4.69) is 4.52 Å². The van der Waals surface area contributed by atoms with Crippen LogP contribution in [0.5, 0.6) is 0 Å². The van der Waals surface area contributed by atoms with E-state index < -0.39 is 56.8 Å². The van der Waals surface area contributed by atoms with Crippen LogP contribution in [0.25, 0.3) is 0 Å². The molecule has 1 fully saturated rings. The van der Waals surface area contributed by atoms with Crippen LogP contribution >= 0.6 is 14.3 Å². The number of aromatic nitrogens is 2. The molecular weight excluding hydrogens is 417 g/mol. The van der Waals surface area contributed by atoms with Crippen LogP contribution in [-0.4, -0.2) is 55.4 Å². The molecule has 4 N–H and O–H groups in total. The van der Waals surface area contributed by atoms with Crippen molar-refractivity contribution in [2.45, 2.75) is 31.5 Å². The minimum atomic E-state index is -4.89. The van der Waals surface area contributed by atoms with Crippen LogP contribution in [0.4, 0.5) is 4.39 Å². The summed E-state index contributed by atoms with van der Waals surface area (Å²) < 4.78 is 41.2. The number of hydrogen-bond acceptors (Lipinski definition) is 7. The summed E-state index contributed by atoms with van der Waals surface area (Å²) in [7, 11) is -4.89. The molecule has 2 rings (SSSR count). The van der Waals surface area contributed by atoms with Gasteiger partial charge < -0.3 is 23.9 Å². The Morgan fingerprint density at radius 1 is 1.42 bits per heavy atom. The number of phosphoric acid groups is 1. The molecule has 1 aromatic rings. The van der Waals surface area contributed by atoms with Gasteiger partial charge in [-0.05, 0) is 11.8 Å². The van der Waals surface area contributed by atoms with E-state index in [9.17, 15) is 23.4 Å². The highest BCUT2D eigenvalue weighted by Crippen LogP contribution is 2.49. The predicted molar refractivity (Wildman–Crippen MR) is 90.0 cm³/mol.